The number of ether oxygens (including phenoxy) is 1. The second-order valence-electron chi connectivity index (χ2n) is 1.78. The second-order valence-corrected chi connectivity index (χ2v) is 1.78. The van der Waals surface area contributed by atoms with Crippen molar-refractivity contribution in [2.24, 2.45) is 0 Å². The Balaban J connectivity index is 0.000000640. The van der Waals surface area contributed by atoms with Gasteiger partial charge in [-0.15, -0.1) is 12.4 Å². The van der Waals surface area contributed by atoms with E-state index >= 15 is 0 Å². The molecule has 9 heavy (non-hydrogen) atoms. The molecule has 1 aliphatic rings. The number of morpholine rings is 1. The van der Waals surface area contributed by atoms with E-state index in [0.29, 0.717) is 0 Å². The van der Waals surface area contributed by atoms with Gasteiger partial charge in [0.2, 0.25) is 0 Å². The predicted molar refractivity (Wildman–Crippen MR) is 38.4 cm³/mol. The fourth-order valence-electron chi connectivity index (χ4n) is 0.707. The van der Waals surface area contributed by atoms with Gasteiger partial charge in [-0.05, 0) is 0 Å². The zero-order chi connectivity index (χ0) is 5.82. The second kappa shape index (κ2) is 4.58. The van der Waals surface area contributed by atoms with E-state index in [1.807, 2.05) is 4.90 Å². The van der Waals surface area contributed by atoms with Crippen LogP contribution >= 0.6 is 12.4 Å². The van der Waals surface area contributed by atoms with Gasteiger partial charge in [0.15, 0.2) is 0 Å². The Morgan fingerprint density at radius 1 is 1.33 bits per heavy atom. The number of nitrogens with zero attached hydrogens (tertiary/aromatic N) is 1. The molecule has 3 nitrogen and oxygen atoms in total. The topological polar surface area (TPSA) is 36.3 Å². The zero-order valence-electron chi connectivity index (χ0n) is 5.17. The molecule has 0 atom stereocenters. The SMILES string of the molecule is Cl.N=CN1CCOCC1. The van der Waals surface area contributed by atoms with Crippen molar-refractivity contribution in [1.82, 2.24) is 4.90 Å². The van der Waals surface area contributed by atoms with Gasteiger partial charge in [0.1, 0.15) is 0 Å². The van der Waals surface area contributed by atoms with Gasteiger partial charge in [-0.25, -0.2) is 0 Å². The standard InChI is InChI=1S/C5H10N2O.ClH/c6-5-7-1-3-8-4-2-7;/h5-6H,1-4H2;1H. The molecule has 0 aliphatic carbocycles. The molecular weight excluding hydrogens is 140 g/mol. The molecule has 1 heterocycles. The Morgan fingerprint density at radius 3 is 2.22 bits per heavy atom. The first-order valence-corrected chi connectivity index (χ1v) is 2.76. The normalized spacial score (nSPS) is 18.4. The van der Waals surface area contributed by atoms with Crippen LogP contribution in [-0.4, -0.2) is 37.5 Å². The number of nitrogens with one attached hydrogen (secondary N) is 1. The third-order valence-electron chi connectivity index (χ3n) is 1.23. The molecule has 1 rings (SSSR count). The third kappa shape index (κ3) is 2.67. The van der Waals surface area contributed by atoms with E-state index < -0.39 is 0 Å². The van der Waals surface area contributed by atoms with E-state index in [2.05, 4.69) is 0 Å². The van der Waals surface area contributed by atoms with Crippen molar-refractivity contribution < 1.29 is 4.74 Å². The molecule has 0 aromatic heterocycles. The van der Waals surface area contributed by atoms with E-state index in [0.717, 1.165) is 26.3 Å². The van der Waals surface area contributed by atoms with Crippen molar-refractivity contribution in [3.8, 4) is 0 Å². The van der Waals surface area contributed by atoms with Crippen LogP contribution in [0, 0.1) is 5.41 Å². The fraction of sp³-hybridized carbons (Fsp3) is 0.800. The molecule has 0 aromatic rings. The predicted octanol–water partition coefficient (Wildman–Crippen LogP) is 0.347. The van der Waals surface area contributed by atoms with Crippen LogP contribution < -0.4 is 0 Å². The van der Waals surface area contributed by atoms with Crippen molar-refractivity contribution in [2.45, 2.75) is 0 Å². The van der Waals surface area contributed by atoms with Crippen molar-refractivity contribution in [1.29, 1.82) is 5.41 Å². The molecule has 1 saturated heterocycles. The average Bonchev–Trinajstić information content (AvgIpc) is 1.90. The molecule has 1 N–H and O–H groups in total. The molecule has 1 fully saturated rings. The first-order valence-electron chi connectivity index (χ1n) is 2.76. The van der Waals surface area contributed by atoms with Crippen molar-refractivity contribution >= 4 is 18.7 Å². The third-order valence-corrected chi connectivity index (χ3v) is 1.23. The van der Waals surface area contributed by atoms with Crippen LogP contribution in [0.5, 0.6) is 0 Å². The molecule has 1 aliphatic heterocycles. The summed E-state index contributed by atoms with van der Waals surface area (Å²) in [6, 6.07) is 0. The quantitative estimate of drug-likeness (QED) is 0.433. The Labute approximate surface area is 60.9 Å². The van der Waals surface area contributed by atoms with Crippen molar-refractivity contribution in [3.63, 3.8) is 0 Å². The Morgan fingerprint density at radius 2 is 1.89 bits per heavy atom. The van der Waals surface area contributed by atoms with Gasteiger partial charge in [0, 0.05) is 13.1 Å². The summed E-state index contributed by atoms with van der Waals surface area (Å²) in [5.74, 6) is 0. The Kier molecular flexibility index (Phi) is 4.44. The van der Waals surface area contributed by atoms with Crippen LogP contribution in [0.15, 0.2) is 0 Å². The monoisotopic (exact) mass is 150 g/mol. The highest BCUT2D eigenvalue weighted by molar-refractivity contribution is 5.85. The fourth-order valence-corrected chi connectivity index (χ4v) is 0.707. The maximum Gasteiger partial charge on any atom is 0.0818 e. The summed E-state index contributed by atoms with van der Waals surface area (Å²) in [7, 11) is 0. The first kappa shape index (κ1) is 8.72. The van der Waals surface area contributed by atoms with E-state index in [4.69, 9.17) is 10.1 Å². The van der Waals surface area contributed by atoms with Crippen LogP contribution in [-0.2, 0) is 4.74 Å². The maximum atomic E-state index is 6.84. The van der Waals surface area contributed by atoms with Gasteiger partial charge in [-0.1, -0.05) is 0 Å². The first-order chi connectivity index (χ1) is 3.93. The van der Waals surface area contributed by atoms with Crippen molar-refractivity contribution in [2.75, 3.05) is 26.3 Å². The van der Waals surface area contributed by atoms with E-state index in [1.54, 1.807) is 0 Å². The molecule has 4 heteroatoms. The van der Waals surface area contributed by atoms with Gasteiger partial charge >= 0.3 is 0 Å². The number of halogens is 1. The van der Waals surface area contributed by atoms with Gasteiger partial charge in [0.25, 0.3) is 0 Å². The van der Waals surface area contributed by atoms with Crippen molar-refractivity contribution in [3.05, 3.63) is 0 Å². The Hall–Kier alpha value is -0.280. The zero-order valence-corrected chi connectivity index (χ0v) is 5.99. The van der Waals surface area contributed by atoms with Crippen LogP contribution in [0.3, 0.4) is 0 Å². The summed E-state index contributed by atoms with van der Waals surface area (Å²) in [6.45, 7) is 3.30. The highest BCUT2D eigenvalue weighted by Crippen LogP contribution is 1.90. The molecule has 0 aromatic carbocycles. The molecule has 0 spiro atoms. The van der Waals surface area contributed by atoms with Crippen LogP contribution in [0.2, 0.25) is 0 Å². The highest BCUT2D eigenvalue weighted by Gasteiger charge is 2.03. The van der Waals surface area contributed by atoms with Gasteiger partial charge in [-0.3, -0.25) is 5.41 Å². The number of rotatable bonds is 1. The van der Waals surface area contributed by atoms with E-state index in [1.165, 1.54) is 6.34 Å². The van der Waals surface area contributed by atoms with Gasteiger partial charge in [0.05, 0.1) is 19.6 Å². The summed E-state index contributed by atoms with van der Waals surface area (Å²) in [4.78, 5) is 1.93. The minimum atomic E-state index is 0. The lowest BCUT2D eigenvalue weighted by atomic mass is 10.5. The molecule has 0 amide bonds. The minimum Gasteiger partial charge on any atom is -0.378 e. The van der Waals surface area contributed by atoms with E-state index in [9.17, 15) is 0 Å². The summed E-state index contributed by atoms with van der Waals surface area (Å²) < 4.78 is 5.06. The minimum absolute atomic E-state index is 0. The maximum absolute atomic E-state index is 6.84. The summed E-state index contributed by atoms with van der Waals surface area (Å²) >= 11 is 0. The molecular formula is C5H11ClN2O. The summed E-state index contributed by atoms with van der Waals surface area (Å²) in [6.07, 6.45) is 1.36. The van der Waals surface area contributed by atoms with Gasteiger partial charge < -0.3 is 9.64 Å². The molecule has 0 radical (unpaired) electrons. The number of hydrogen-bond donors (Lipinski definition) is 1. The van der Waals surface area contributed by atoms with Crippen LogP contribution in [0.25, 0.3) is 0 Å². The molecule has 0 unspecified atom stereocenters. The summed E-state index contributed by atoms with van der Waals surface area (Å²) in [5.41, 5.74) is 0. The molecule has 0 bridgehead atoms. The lowest BCUT2D eigenvalue weighted by Gasteiger charge is -2.23. The van der Waals surface area contributed by atoms with Crippen LogP contribution in [0.4, 0.5) is 0 Å². The lowest BCUT2D eigenvalue weighted by molar-refractivity contribution is 0.0698. The molecule has 0 saturated carbocycles. The van der Waals surface area contributed by atoms with E-state index in [-0.39, 0.29) is 12.4 Å². The molecule has 54 valence electrons. The lowest BCUT2D eigenvalue weighted by Crippen LogP contribution is -2.34. The van der Waals surface area contributed by atoms with Gasteiger partial charge in [-0.2, -0.15) is 0 Å². The smallest absolute Gasteiger partial charge is 0.0818 e. The van der Waals surface area contributed by atoms with Crippen LogP contribution in [0.1, 0.15) is 0 Å². The number of hydrogen-bond acceptors (Lipinski definition) is 2. The highest BCUT2D eigenvalue weighted by atomic mass is 35.5. The largest absolute Gasteiger partial charge is 0.378 e. The average molecular weight is 151 g/mol. The Bertz CT molecular complexity index is 83.0. The summed E-state index contributed by atoms with van der Waals surface area (Å²) in [5, 5.41) is 6.84.